The Balaban J connectivity index is 2.37. The van der Waals surface area contributed by atoms with Crippen LogP contribution in [0.4, 0.5) is 0 Å². The quantitative estimate of drug-likeness (QED) is 0.386. The molecule has 1 unspecified atom stereocenters. The van der Waals surface area contributed by atoms with Crippen LogP contribution < -0.4 is 0 Å². The molecule has 19 heavy (non-hydrogen) atoms. The van der Waals surface area contributed by atoms with E-state index in [0.29, 0.717) is 6.42 Å². The zero-order chi connectivity index (χ0) is 14.3. The van der Waals surface area contributed by atoms with Crippen molar-refractivity contribution in [3.63, 3.8) is 0 Å². The van der Waals surface area contributed by atoms with Crippen molar-refractivity contribution < 1.29 is 19.1 Å². The monoisotopic (exact) mass is 268 g/mol. The highest BCUT2D eigenvalue weighted by Gasteiger charge is 2.43. The summed E-state index contributed by atoms with van der Waals surface area (Å²) in [7, 11) is 1.32. The highest BCUT2D eigenvalue weighted by molar-refractivity contribution is 5.98. The van der Waals surface area contributed by atoms with Crippen molar-refractivity contribution in [3.8, 4) is 0 Å². The molecule has 1 saturated heterocycles. The molecule has 0 aliphatic carbocycles. The maximum absolute atomic E-state index is 11.6. The van der Waals surface area contributed by atoms with Crippen molar-refractivity contribution in [2.45, 2.75) is 58.0 Å². The van der Waals surface area contributed by atoms with Crippen LogP contribution in [0.15, 0.2) is 12.2 Å². The first-order valence-electron chi connectivity index (χ1n) is 7.09. The van der Waals surface area contributed by atoms with Crippen LogP contribution in [0.5, 0.6) is 0 Å². The van der Waals surface area contributed by atoms with Gasteiger partial charge in [-0.1, -0.05) is 45.6 Å². The molecule has 0 radical (unpaired) electrons. The van der Waals surface area contributed by atoms with Crippen LogP contribution in [-0.4, -0.2) is 25.2 Å². The summed E-state index contributed by atoms with van der Waals surface area (Å²) in [5.74, 6) is -1.51. The van der Waals surface area contributed by atoms with Crippen LogP contribution in [0.3, 0.4) is 0 Å². The first-order valence-corrected chi connectivity index (χ1v) is 7.09. The Hall–Kier alpha value is -1.32. The van der Waals surface area contributed by atoms with E-state index in [2.05, 4.69) is 13.5 Å². The number of esters is 2. The smallest absolute Gasteiger partial charge is 0.334 e. The number of unbranched alkanes of at least 4 members (excludes halogenated alkanes) is 5. The van der Waals surface area contributed by atoms with Crippen molar-refractivity contribution in [2.24, 2.45) is 5.92 Å². The Labute approximate surface area is 115 Å². The van der Waals surface area contributed by atoms with Gasteiger partial charge in [-0.3, -0.25) is 4.79 Å². The molecule has 0 aromatic heterocycles. The van der Waals surface area contributed by atoms with Gasteiger partial charge in [-0.05, 0) is 12.8 Å². The molecule has 1 aliphatic rings. The Kier molecular flexibility index (Phi) is 6.60. The standard InChI is InChI=1S/C15H24O4/c1-4-5-6-7-8-9-10-12-13(15(17)18-3)11(2)14(16)19-12/h12-13H,2,4-10H2,1,3H3/t12-,13?/m0/s1. The molecule has 1 heterocycles. The first-order chi connectivity index (χ1) is 9.11. The van der Waals surface area contributed by atoms with E-state index in [9.17, 15) is 9.59 Å². The number of cyclic esters (lactones) is 1. The molecule has 2 atom stereocenters. The second-order valence-corrected chi connectivity index (χ2v) is 5.03. The van der Waals surface area contributed by atoms with Crippen molar-refractivity contribution >= 4 is 11.9 Å². The fourth-order valence-electron chi connectivity index (χ4n) is 2.41. The average molecular weight is 268 g/mol. The number of methoxy groups -OCH3 is 1. The maximum atomic E-state index is 11.6. The van der Waals surface area contributed by atoms with Gasteiger partial charge in [0.1, 0.15) is 12.0 Å². The topological polar surface area (TPSA) is 52.6 Å². The van der Waals surface area contributed by atoms with Gasteiger partial charge in [-0.25, -0.2) is 4.79 Å². The third-order valence-electron chi connectivity index (χ3n) is 3.57. The zero-order valence-corrected chi connectivity index (χ0v) is 11.9. The molecule has 0 N–H and O–H groups in total. The molecule has 4 heteroatoms. The molecule has 108 valence electrons. The van der Waals surface area contributed by atoms with E-state index in [1.807, 2.05) is 0 Å². The average Bonchev–Trinajstić information content (AvgIpc) is 2.68. The zero-order valence-electron chi connectivity index (χ0n) is 11.9. The number of rotatable bonds is 8. The lowest BCUT2D eigenvalue weighted by atomic mass is 9.93. The minimum Gasteiger partial charge on any atom is -0.468 e. The SMILES string of the molecule is C=C1C(=O)O[C@@H](CCCCCCCC)C1C(=O)OC. The molecule has 0 aromatic carbocycles. The summed E-state index contributed by atoms with van der Waals surface area (Å²) in [6.07, 6.45) is 7.31. The number of ether oxygens (including phenoxy) is 2. The fraction of sp³-hybridized carbons (Fsp3) is 0.733. The molecule has 1 rings (SSSR count). The van der Waals surface area contributed by atoms with E-state index < -0.39 is 24.0 Å². The van der Waals surface area contributed by atoms with Gasteiger partial charge in [-0.15, -0.1) is 0 Å². The molecule has 0 bridgehead atoms. The third kappa shape index (κ3) is 4.37. The Morgan fingerprint density at radius 2 is 1.89 bits per heavy atom. The summed E-state index contributed by atoms with van der Waals surface area (Å²) in [4.78, 5) is 23.1. The molecule has 1 fully saturated rings. The Bertz CT molecular complexity index is 335. The minimum atomic E-state index is -0.617. The van der Waals surface area contributed by atoms with E-state index in [1.165, 1.54) is 32.8 Å². The molecular weight excluding hydrogens is 244 g/mol. The number of carbonyl (C=O) groups is 2. The molecule has 0 saturated carbocycles. The minimum absolute atomic E-state index is 0.225. The van der Waals surface area contributed by atoms with Crippen LogP contribution in [0.2, 0.25) is 0 Å². The highest BCUT2D eigenvalue weighted by Crippen LogP contribution is 2.31. The summed E-state index contributed by atoms with van der Waals surface area (Å²) in [5.41, 5.74) is 0.225. The lowest BCUT2D eigenvalue weighted by molar-refractivity contribution is -0.147. The largest absolute Gasteiger partial charge is 0.468 e. The molecule has 4 nitrogen and oxygen atoms in total. The molecule has 0 amide bonds. The second kappa shape index (κ2) is 7.97. The van der Waals surface area contributed by atoms with Crippen molar-refractivity contribution in [1.29, 1.82) is 0 Å². The van der Waals surface area contributed by atoms with E-state index >= 15 is 0 Å². The summed E-state index contributed by atoms with van der Waals surface area (Å²) >= 11 is 0. The molecule has 1 aliphatic heterocycles. The van der Waals surface area contributed by atoms with E-state index in [1.54, 1.807) is 0 Å². The van der Waals surface area contributed by atoms with Crippen molar-refractivity contribution in [2.75, 3.05) is 7.11 Å². The Morgan fingerprint density at radius 3 is 2.53 bits per heavy atom. The van der Waals surface area contributed by atoms with E-state index in [-0.39, 0.29) is 5.57 Å². The van der Waals surface area contributed by atoms with Crippen molar-refractivity contribution in [3.05, 3.63) is 12.2 Å². The fourth-order valence-corrected chi connectivity index (χ4v) is 2.41. The maximum Gasteiger partial charge on any atom is 0.334 e. The highest BCUT2D eigenvalue weighted by atomic mass is 16.6. The second-order valence-electron chi connectivity index (χ2n) is 5.03. The molecule has 0 spiro atoms. The van der Waals surface area contributed by atoms with Gasteiger partial charge in [0.15, 0.2) is 0 Å². The third-order valence-corrected chi connectivity index (χ3v) is 3.57. The summed E-state index contributed by atoms with van der Waals surface area (Å²) in [5, 5.41) is 0. The summed E-state index contributed by atoms with van der Waals surface area (Å²) < 4.78 is 9.91. The molecular formula is C15H24O4. The first kappa shape index (κ1) is 15.7. The van der Waals surface area contributed by atoms with E-state index in [4.69, 9.17) is 9.47 Å². The van der Waals surface area contributed by atoms with Gasteiger partial charge >= 0.3 is 11.9 Å². The summed E-state index contributed by atoms with van der Waals surface area (Å²) in [6.45, 7) is 5.81. The predicted octanol–water partition coefficient (Wildman–Crippen LogP) is 3.01. The predicted molar refractivity (Wildman–Crippen MR) is 72.5 cm³/mol. The lowest BCUT2D eigenvalue weighted by Crippen LogP contribution is -2.26. The van der Waals surface area contributed by atoms with E-state index in [0.717, 1.165) is 12.8 Å². The number of carbonyl (C=O) groups excluding carboxylic acids is 2. The van der Waals surface area contributed by atoms with Gasteiger partial charge in [0.25, 0.3) is 0 Å². The van der Waals surface area contributed by atoms with Gasteiger partial charge in [-0.2, -0.15) is 0 Å². The molecule has 0 aromatic rings. The van der Waals surface area contributed by atoms with Crippen LogP contribution in [-0.2, 0) is 19.1 Å². The van der Waals surface area contributed by atoms with Crippen LogP contribution in [0, 0.1) is 5.92 Å². The van der Waals surface area contributed by atoms with Gasteiger partial charge in [0.05, 0.1) is 7.11 Å². The van der Waals surface area contributed by atoms with Crippen molar-refractivity contribution in [1.82, 2.24) is 0 Å². The number of hydrogen-bond donors (Lipinski definition) is 0. The van der Waals surface area contributed by atoms with Crippen LogP contribution in [0.25, 0.3) is 0 Å². The van der Waals surface area contributed by atoms with Crippen LogP contribution in [0.1, 0.15) is 51.9 Å². The summed E-state index contributed by atoms with van der Waals surface area (Å²) in [6, 6.07) is 0. The van der Waals surface area contributed by atoms with Gasteiger partial charge < -0.3 is 9.47 Å². The number of hydrogen-bond acceptors (Lipinski definition) is 4. The normalized spacial score (nSPS) is 22.4. The lowest BCUT2D eigenvalue weighted by Gasteiger charge is -2.15. The Morgan fingerprint density at radius 1 is 1.26 bits per heavy atom. The van der Waals surface area contributed by atoms with Gasteiger partial charge in [0.2, 0.25) is 0 Å². The van der Waals surface area contributed by atoms with Crippen LogP contribution >= 0.6 is 0 Å². The van der Waals surface area contributed by atoms with Gasteiger partial charge in [0, 0.05) is 5.57 Å².